The second-order valence-corrected chi connectivity index (χ2v) is 15.2. The Kier molecular flexibility index (Phi) is 10.6. The van der Waals surface area contributed by atoms with E-state index in [1.807, 2.05) is 67.6 Å². The minimum absolute atomic E-state index is 0.118. The van der Waals surface area contributed by atoms with Crippen LogP contribution in [0.2, 0.25) is 5.02 Å². The van der Waals surface area contributed by atoms with Crippen LogP contribution in [0.4, 0.5) is 0 Å². The third-order valence-electron chi connectivity index (χ3n) is 8.70. The van der Waals surface area contributed by atoms with E-state index < -0.39 is 22.6 Å². The fourth-order valence-corrected chi connectivity index (χ4v) is 8.71. The molecule has 0 spiro atoms. The molecule has 14 heteroatoms. The molecule has 11 nitrogen and oxygen atoms in total. The van der Waals surface area contributed by atoms with E-state index in [2.05, 4.69) is 14.8 Å². The zero-order chi connectivity index (χ0) is 36.2. The molecule has 7 rings (SSSR count). The summed E-state index contributed by atoms with van der Waals surface area (Å²) in [5.74, 6) is -0.732. The van der Waals surface area contributed by atoms with Gasteiger partial charge in [0.15, 0.2) is 17.6 Å². The number of carbonyl (C=O) groups excluding carboxylic acids is 2. The van der Waals surface area contributed by atoms with Gasteiger partial charge >= 0.3 is 5.97 Å². The second-order valence-electron chi connectivity index (χ2n) is 11.9. The van der Waals surface area contributed by atoms with Crippen molar-refractivity contribution in [2.75, 3.05) is 38.7 Å². The highest BCUT2D eigenvalue weighted by molar-refractivity contribution is 7.99. The van der Waals surface area contributed by atoms with Crippen molar-refractivity contribution in [2.24, 2.45) is 0 Å². The van der Waals surface area contributed by atoms with Gasteiger partial charge in [0.05, 0.1) is 40.8 Å². The molecule has 1 aliphatic heterocycles. The Morgan fingerprint density at radius 2 is 1.62 bits per heavy atom. The summed E-state index contributed by atoms with van der Waals surface area (Å²) < 4.78 is 43.0. The maximum absolute atomic E-state index is 13.8. The van der Waals surface area contributed by atoms with Crippen molar-refractivity contribution in [2.45, 2.75) is 23.5 Å². The normalized spacial score (nSPS) is 13.7. The van der Waals surface area contributed by atoms with Gasteiger partial charge in [-0.05, 0) is 48.9 Å². The number of para-hydroxylation sites is 1. The van der Waals surface area contributed by atoms with Crippen LogP contribution in [0.5, 0.6) is 0 Å². The van der Waals surface area contributed by atoms with Crippen molar-refractivity contribution < 1.29 is 27.5 Å². The number of sulfonamides is 1. The van der Waals surface area contributed by atoms with Gasteiger partial charge in [-0.3, -0.25) is 14.2 Å². The number of nitrogens with zero attached hydrogens (tertiary/aromatic N) is 5. The van der Waals surface area contributed by atoms with Crippen LogP contribution in [-0.4, -0.2) is 82.5 Å². The number of thioether (sulfide) groups is 1. The van der Waals surface area contributed by atoms with E-state index in [0.29, 0.717) is 52.6 Å². The molecule has 4 aromatic carbocycles. The summed E-state index contributed by atoms with van der Waals surface area (Å²) in [7, 11) is -3.78. The standard InChI is InChI=1S/C38H34ClN5O6S2/c1-2-43-32-17-7-6-16-31(32)35(36(43)26-10-4-3-5-11-26)33(45)24-50-34(46)25-51-38-41-40-37(44(38)29-14-9-13-28(39)23-29)27-12-8-15-30(22-27)52(47,48)42-18-20-49-21-19-42/h3-17,22-23H,2,18-21,24-25H2,1H3. The molecule has 0 unspecified atom stereocenters. The first-order valence-electron chi connectivity index (χ1n) is 16.6. The number of rotatable bonds is 12. The lowest BCUT2D eigenvalue weighted by atomic mass is 10.0. The lowest BCUT2D eigenvalue weighted by Gasteiger charge is -2.26. The molecular formula is C38H34ClN5O6S2. The maximum atomic E-state index is 13.8. The number of carbonyl (C=O) groups is 2. The molecule has 6 aromatic rings. The Hall–Kier alpha value is -4.79. The molecule has 0 N–H and O–H groups in total. The van der Waals surface area contributed by atoms with E-state index in [9.17, 15) is 18.0 Å². The lowest BCUT2D eigenvalue weighted by Crippen LogP contribution is -2.40. The molecule has 2 aromatic heterocycles. The number of ether oxygens (including phenoxy) is 2. The van der Waals surface area contributed by atoms with Crippen LogP contribution in [0.15, 0.2) is 113 Å². The average Bonchev–Trinajstić information content (AvgIpc) is 3.76. The molecule has 0 radical (unpaired) electrons. The Bertz CT molecular complexity index is 2370. The van der Waals surface area contributed by atoms with E-state index in [1.54, 1.807) is 47.0 Å². The van der Waals surface area contributed by atoms with Gasteiger partial charge in [0, 0.05) is 41.1 Å². The van der Waals surface area contributed by atoms with Crippen LogP contribution in [0.1, 0.15) is 17.3 Å². The number of aromatic nitrogens is 4. The zero-order valence-electron chi connectivity index (χ0n) is 28.1. The van der Waals surface area contributed by atoms with Crippen molar-refractivity contribution in [3.63, 3.8) is 0 Å². The predicted octanol–water partition coefficient (Wildman–Crippen LogP) is 6.77. The van der Waals surface area contributed by atoms with Gasteiger partial charge in [-0.15, -0.1) is 10.2 Å². The fraction of sp³-hybridized carbons (Fsp3) is 0.211. The monoisotopic (exact) mass is 755 g/mol. The number of aryl methyl sites for hydroxylation is 1. The molecule has 0 amide bonds. The van der Waals surface area contributed by atoms with Crippen molar-refractivity contribution in [1.82, 2.24) is 23.6 Å². The molecule has 0 saturated carbocycles. The summed E-state index contributed by atoms with van der Waals surface area (Å²) in [6, 6.07) is 31.0. The van der Waals surface area contributed by atoms with Crippen molar-refractivity contribution in [1.29, 1.82) is 0 Å². The first kappa shape index (κ1) is 35.6. The third-order valence-corrected chi connectivity index (χ3v) is 11.7. The quantitative estimate of drug-likeness (QED) is 0.0756. The van der Waals surface area contributed by atoms with Crippen molar-refractivity contribution in [3.05, 3.63) is 114 Å². The van der Waals surface area contributed by atoms with Gasteiger partial charge in [-0.1, -0.05) is 90.1 Å². The van der Waals surface area contributed by atoms with Crippen LogP contribution in [0.3, 0.4) is 0 Å². The first-order chi connectivity index (χ1) is 25.3. The third kappa shape index (κ3) is 7.14. The number of morpholine rings is 1. The van der Waals surface area contributed by atoms with Crippen LogP contribution in [-0.2, 0) is 30.8 Å². The van der Waals surface area contributed by atoms with Gasteiger partial charge in [0.1, 0.15) is 0 Å². The van der Waals surface area contributed by atoms with Crippen LogP contribution in [0, 0.1) is 0 Å². The van der Waals surface area contributed by atoms with Gasteiger partial charge in [-0.2, -0.15) is 4.31 Å². The largest absolute Gasteiger partial charge is 0.457 e. The smallest absolute Gasteiger partial charge is 0.316 e. The Labute approximate surface area is 310 Å². The summed E-state index contributed by atoms with van der Waals surface area (Å²) in [4.78, 5) is 27.1. The highest BCUT2D eigenvalue weighted by Gasteiger charge is 2.28. The van der Waals surface area contributed by atoms with Crippen LogP contribution in [0.25, 0.3) is 39.2 Å². The zero-order valence-corrected chi connectivity index (χ0v) is 30.5. The first-order valence-corrected chi connectivity index (χ1v) is 19.4. The molecule has 266 valence electrons. The Morgan fingerprint density at radius 3 is 2.38 bits per heavy atom. The molecular weight excluding hydrogens is 722 g/mol. The summed E-state index contributed by atoms with van der Waals surface area (Å²) in [6.45, 7) is 3.44. The number of hydrogen-bond acceptors (Lipinski definition) is 9. The molecule has 0 atom stereocenters. The van der Waals surface area contributed by atoms with Crippen LogP contribution < -0.4 is 0 Å². The summed E-state index contributed by atoms with van der Waals surface area (Å²) >= 11 is 7.44. The Balaban J connectivity index is 1.13. The minimum atomic E-state index is -3.78. The van der Waals surface area contributed by atoms with E-state index in [0.717, 1.165) is 33.9 Å². The molecule has 0 aliphatic carbocycles. The Morgan fingerprint density at radius 1 is 0.885 bits per heavy atom. The second kappa shape index (κ2) is 15.4. The number of fused-ring (bicyclic) bond motifs is 1. The molecule has 52 heavy (non-hydrogen) atoms. The number of Topliss-reactive ketones (excluding diaryl/α,β-unsaturated/α-hetero) is 1. The van der Waals surface area contributed by atoms with Crippen molar-refractivity contribution >= 4 is 56.0 Å². The predicted molar refractivity (Wildman–Crippen MR) is 200 cm³/mol. The number of esters is 1. The summed E-state index contributed by atoms with van der Waals surface area (Å²) in [6.07, 6.45) is 0. The highest BCUT2D eigenvalue weighted by atomic mass is 35.5. The van der Waals surface area contributed by atoms with E-state index in [-0.39, 0.29) is 29.5 Å². The van der Waals surface area contributed by atoms with E-state index in [1.165, 1.54) is 4.31 Å². The van der Waals surface area contributed by atoms with Gasteiger partial charge in [0.25, 0.3) is 0 Å². The van der Waals surface area contributed by atoms with Crippen LogP contribution >= 0.6 is 23.4 Å². The minimum Gasteiger partial charge on any atom is -0.457 e. The van der Waals surface area contributed by atoms with E-state index in [4.69, 9.17) is 21.1 Å². The van der Waals surface area contributed by atoms with Gasteiger partial charge in [-0.25, -0.2) is 8.42 Å². The summed E-state index contributed by atoms with van der Waals surface area (Å²) in [5, 5.41) is 10.4. The molecule has 1 aliphatic rings. The molecule has 0 bridgehead atoms. The molecule has 3 heterocycles. The average molecular weight is 756 g/mol. The molecule has 1 saturated heterocycles. The number of hydrogen-bond donors (Lipinski definition) is 0. The highest BCUT2D eigenvalue weighted by Crippen LogP contribution is 2.35. The van der Waals surface area contributed by atoms with Crippen molar-refractivity contribution in [3.8, 4) is 28.3 Å². The van der Waals surface area contributed by atoms with E-state index >= 15 is 0 Å². The lowest BCUT2D eigenvalue weighted by molar-refractivity contribution is -0.139. The topological polar surface area (TPSA) is 126 Å². The van der Waals surface area contributed by atoms with Gasteiger partial charge < -0.3 is 14.0 Å². The molecule has 1 fully saturated rings. The number of benzene rings is 4. The fourth-order valence-electron chi connectivity index (χ4n) is 6.32. The maximum Gasteiger partial charge on any atom is 0.316 e. The SMILES string of the molecule is CCn1c(-c2ccccc2)c(C(=O)COC(=O)CSc2nnc(-c3cccc(S(=O)(=O)N4CCOCC4)c3)n2-c2cccc(Cl)c2)c2ccccc21. The number of ketones is 1. The summed E-state index contributed by atoms with van der Waals surface area (Å²) in [5.41, 5.74) is 4.22. The van der Waals surface area contributed by atoms with Gasteiger partial charge in [0.2, 0.25) is 15.8 Å². The number of halogens is 1.